The van der Waals surface area contributed by atoms with E-state index in [9.17, 15) is 27.6 Å². The van der Waals surface area contributed by atoms with Crippen LogP contribution < -0.4 is 46.7 Å². The molecule has 3 rings (SSSR count). The molecule has 0 bridgehead atoms. The van der Waals surface area contributed by atoms with E-state index in [0.717, 1.165) is 5.56 Å². The van der Waals surface area contributed by atoms with Gasteiger partial charge < -0.3 is 35.8 Å². The van der Waals surface area contributed by atoms with E-state index in [-0.39, 0.29) is 30.7 Å². The molecule has 54 heavy (non-hydrogen) atoms. The number of rotatable bonds is 15. The summed E-state index contributed by atoms with van der Waals surface area (Å²) >= 11 is 0. The van der Waals surface area contributed by atoms with E-state index < -0.39 is 69.1 Å². The molecule has 18 heteroatoms. The molecule has 3 atom stereocenters. The van der Waals surface area contributed by atoms with Gasteiger partial charge in [-0.3, -0.25) is 25.2 Å². The molecule has 0 unspecified atom stereocenters. The number of carbonyl (C=O) groups excluding carboxylic acids is 3. The van der Waals surface area contributed by atoms with Crippen molar-refractivity contribution >= 4 is 39.8 Å². The number of sulfonamides is 1. The molecule has 0 aromatic heterocycles. The molecule has 0 saturated carbocycles. The van der Waals surface area contributed by atoms with Crippen molar-refractivity contribution in [1.29, 1.82) is 5.41 Å². The van der Waals surface area contributed by atoms with Crippen LogP contribution in [0.4, 0.5) is 4.79 Å². The average molecular weight is 775 g/mol. The zero-order valence-electron chi connectivity index (χ0n) is 32.3. The Labute approximate surface area is 316 Å². The van der Waals surface area contributed by atoms with E-state index in [0.29, 0.717) is 40.2 Å². The Balaban J connectivity index is 1.68. The smallest absolute Gasteiger partial charge is 0.405 e. The van der Waals surface area contributed by atoms with E-state index >= 15 is 0 Å². The first-order valence-electron chi connectivity index (χ1n) is 17.5. The number of carboxylic acid groups (broad SMARTS) is 1. The zero-order valence-corrected chi connectivity index (χ0v) is 33.1. The molecule has 1 aliphatic heterocycles. The van der Waals surface area contributed by atoms with Gasteiger partial charge in [-0.25, -0.2) is 23.8 Å². The molecule has 298 valence electrons. The standard InChI is InChI=1S/C36H54N8O9S/c1-19-20(2)29(21(3)25-18-36(8,9)53-28(19)25)54(50,51)44-33(37)39-16-10-11-26(32(47)43-38)41-31(46)27(42-30(45)22(4)40-34(48)49)17-23-12-14-24(15-13-23)52-35(5,6)7/h12-15,22,26-27,40H,10-11,16-18,38H2,1-9H3,(H,41,46)(H,42,45)(H,43,47)(H,48,49)(H3,37,39,44)/t22-,26-,27-/m0/s1. The molecule has 0 spiro atoms. The third kappa shape index (κ3) is 11.7. The highest BCUT2D eigenvalue weighted by atomic mass is 32.2. The predicted molar refractivity (Wildman–Crippen MR) is 202 cm³/mol. The highest BCUT2D eigenvalue weighted by Gasteiger charge is 2.37. The van der Waals surface area contributed by atoms with Gasteiger partial charge in [-0.05, 0) is 110 Å². The maximum Gasteiger partial charge on any atom is 0.405 e. The number of nitrogens with two attached hydrogens (primary N) is 1. The Hall–Kier alpha value is -5.10. The molecule has 1 heterocycles. The van der Waals surface area contributed by atoms with Crippen LogP contribution in [-0.2, 0) is 37.2 Å². The molecule has 10 N–H and O–H groups in total. The van der Waals surface area contributed by atoms with Crippen LogP contribution in [0.15, 0.2) is 29.2 Å². The van der Waals surface area contributed by atoms with E-state index in [1.165, 1.54) is 6.92 Å². The summed E-state index contributed by atoms with van der Waals surface area (Å²) < 4.78 is 41.2. The number of fused-ring (bicyclic) bond motifs is 1. The third-order valence-corrected chi connectivity index (χ3v) is 10.3. The summed E-state index contributed by atoms with van der Waals surface area (Å²) in [4.78, 5) is 50.4. The first kappa shape index (κ1) is 43.3. The molecule has 4 amide bonds. The lowest BCUT2D eigenvalue weighted by molar-refractivity contribution is -0.132. The van der Waals surface area contributed by atoms with Crippen LogP contribution in [0.2, 0.25) is 0 Å². The Morgan fingerprint density at radius 1 is 0.963 bits per heavy atom. The normalized spacial score (nSPS) is 15.0. The maximum atomic E-state index is 13.6. The van der Waals surface area contributed by atoms with Crippen LogP contribution in [0, 0.1) is 26.2 Å². The minimum Gasteiger partial charge on any atom is -0.488 e. The molecule has 0 aliphatic carbocycles. The number of hydrogen-bond donors (Lipinski definition) is 9. The van der Waals surface area contributed by atoms with Crippen LogP contribution in [-0.4, -0.2) is 79.2 Å². The van der Waals surface area contributed by atoms with Gasteiger partial charge in [0.25, 0.3) is 15.9 Å². The first-order chi connectivity index (χ1) is 24.9. The molecule has 0 fully saturated rings. The molecule has 1 aliphatic rings. The lowest BCUT2D eigenvalue weighted by atomic mass is 9.94. The van der Waals surface area contributed by atoms with E-state index in [1.807, 2.05) is 45.4 Å². The number of ether oxygens (including phenoxy) is 2. The van der Waals surface area contributed by atoms with Crippen molar-refractivity contribution in [3.63, 3.8) is 0 Å². The van der Waals surface area contributed by atoms with Gasteiger partial charge in [-0.15, -0.1) is 0 Å². The predicted octanol–water partition coefficient (Wildman–Crippen LogP) is 1.94. The zero-order chi connectivity index (χ0) is 40.8. The second kappa shape index (κ2) is 17.4. The summed E-state index contributed by atoms with van der Waals surface area (Å²) in [7, 11) is -4.17. The van der Waals surface area contributed by atoms with Gasteiger partial charge in [0.05, 0.1) is 4.90 Å². The van der Waals surface area contributed by atoms with Crippen molar-refractivity contribution in [2.24, 2.45) is 5.84 Å². The Morgan fingerprint density at radius 2 is 1.57 bits per heavy atom. The number of benzene rings is 2. The van der Waals surface area contributed by atoms with E-state index in [1.54, 1.807) is 45.0 Å². The topological polar surface area (TPSA) is 263 Å². The molecule has 0 radical (unpaired) electrons. The van der Waals surface area contributed by atoms with Crippen molar-refractivity contribution < 1.29 is 42.2 Å². The fourth-order valence-corrected chi connectivity index (χ4v) is 7.60. The fraction of sp³-hybridized carbons (Fsp3) is 0.528. The largest absolute Gasteiger partial charge is 0.488 e. The summed E-state index contributed by atoms with van der Waals surface area (Å²) in [5, 5.41) is 27.2. The molecule has 2 aromatic carbocycles. The number of guanidine groups is 1. The van der Waals surface area contributed by atoms with Gasteiger partial charge in [0, 0.05) is 24.9 Å². The van der Waals surface area contributed by atoms with Gasteiger partial charge >= 0.3 is 6.09 Å². The fourth-order valence-electron chi connectivity index (χ4n) is 6.07. The highest BCUT2D eigenvalue weighted by molar-refractivity contribution is 7.90. The number of carbonyl (C=O) groups is 4. The van der Waals surface area contributed by atoms with Crippen LogP contribution in [0.3, 0.4) is 0 Å². The number of nitrogens with one attached hydrogen (secondary N) is 7. The van der Waals surface area contributed by atoms with Crippen LogP contribution in [0.1, 0.15) is 82.2 Å². The van der Waals surface area contributed by atoms with Gasteiger partial charge in [-0.2, -0.15) is 0 Å². The number of hydrazine groups is 1. The highest BCUT2D eigenvalue weighted by Crippen LogP contribution is 2.43. The SMILES string of the molecule is Cc1c(C)c(S(=O)(=O)NC(=N)NCCC[C@H](NC(=O)[C@H](Cc2ccc(OC(C)(C)C)cc2)NC(=O)[C@H](C)NC(=O)O)C(=O)NN)c(C)c2c1OC(C)(C)C2. The van der Waals surface area contributed by atoms with Crippen molar-refractivity contribution in [3.8, 4) is 11.5 Å². The van der Waals surface area contributed by atoms with Crippen LogP contribution >= 0.6 is 0 Å². The van der Waals surface area contributed by atoms with Crippen LogP contribution in [0.25, 0.3) is 0 Å². The lowest BCUT2D eigenvalue weighted by Crippen LogP contribution is -2.57. The summed E-state index contributed by atoms with van der Waals surface area (Å²) in [6, 6.07) is 3.26. The first-order valence-corrected chi connectivity index (χ1v) is 19.0. The summed E-state index contributed by atoms with van der Waals surface area (Å²) in [6.45, 7) is 16.1. The number of amides is 4. The minimum atomic E-state index is -4.17. The van der Waals surface area contributed by atoms with E-state index in [2.05, 4.69) is 20.7 Å². The molecular formula is C36H54N8O9S. The molecule has 17 nitrogen and oxygen atoms in total. The Bertz CT molecular complexity index is 1860. The molecule has 2 aromatic rings. The quantitative estimate of drug-likeness (QED) is 0.0315. The molecular weight excluding hydrogens is 721 g/mol. The summed E-state index contributed by atoms with van der Waals surface area (Å²) in [6.07, 6.45) is -0.718. The van der Waals surface area contributed by atoms with Gasteiger partial charge in [0.2, 0.25) is 17.8 Å². The van der Waals surface area contributed by atoms with Crippen molar-refractivity contribution in [2.75, 3.05) is 6.54 Å². The van der Waals surface area contributed by atoms with E-state index in [4.69, 9.17) is 25.8 Å². The Morgan fingerprint density at radius 3 is 2.15 bits per heavy atom. The molecule has 0 saturated heterocycles. The number of hydrogen-bond acceptors (Lipinski definition) is 10. The second-order valence-corrected chi connectivity index (χ2v) is 16.6. The van der Waals surface area contributed by atoms with Gasteiger partial charge in [-0.1, -0.05) is 12.1 Å². The van der Waals surface area contributed by atoms with Crippen LogP contribution in [0.5, 0.6) is 11.5 Å². The summed E-state index contributed by atoms with van der Waals surface area (Å²) in [5.41, 5.74) is 4.32. The summed E-state index contributed by atoms with van der Waals surface area (Å²) in [5.74, 6) is 3.94. The maximum absolute atomic E-state index is 13.6. The van der Waals surface area contributed by atoms with Crippen molar-refractivity contribution in [2.45, 2.75) is 122 Å². The third-order valence-electron chi connectivity index (χ3n) is 8.70. The minimum absolute atomic E-state index is 0.0102. The van der Waals surface area contributed by atoms with Crippen molar-refractivity contribution in [1.82, 2.24) is 31.4 Å². The lowest BCUT2D eigenvalue weighted by Gasteiger charge is -2.24. The van der Waals surface area contributed by atoms with Crippen molar-refractivity contribution in [3.05, 3.63) is 52.1 Å². The monoisotopic (exact) mass is 774 g/mol. The van der Waals surface area contributed by atoms with Gasteiger partial charge in [0.1, 0.15) is 40.8 Å². The second-order valence-electron chi connectivity index (χ2n) is 15.0. The average Bonchev–Trinajstić information content (AvgIpc) is 3.39. The van der Waals surface area contributed by atoms with Gasteiger partial charge in [0.15, 0.2) is 0 Å². The Kier molecular flexibility index (Phi) is 13.9.